The van der Waals surface area contributed by atoms with Crippen LogP contribution in [0.15, 0.2) is 42.5 Å². The predicted molar refractivity (Wildman–Crippen MR) is 95.6 cm³/mol. The van der Waals surface area contributed by atoms with Crippen LogP contribution in [0.2, 0.25) is 0 Å². The Hall–Kier alpha value is -3.22. The molecule has 2 amide bonds. The van der Waals surface area contributed by atoms with Crippen molar-refractivity contribution in [2.75, 3.05) is 19.1 Å². The fraction of sp³-hybridized carbons (Fsp3) is 0.263. The van der Waals surface area contributed by atoms with Gasteiger partial charge in [0.25, 0.3) is 0 Å². The van der Waals surface area contributed by atoms with E-state index in [1.807, 2.05) is 18.2 Å². The van der Waals surface area contributed by atoms with Crippen LogP contribution in [0.5, 0.6) is 11.5 Å². The van der Waals surface area contributed by atoms with Gasteiger partial charge in [-0.15, -0.1) is 0 Å². The van der Waals surface area contributed by atoms with E-state index in [4.69, 9.17) is 4.74 Å². The molecule has 0 aliphatic carbocycles. The first-order valence-corrected chi connectivity index (χ1v) is 8.14. The molecule has 1 aliphatic rings. The van der Waals surface area contributed by atoms with Crippen LogP contribution < -0.4 is 9.64 Å². The van der Waals surface area contributed by atoms with Gasteiger partial charge in [0.2, 0.25) is 0 Å². The highest BCUT2D eigenvalue weighted by Crippen LogP contribution is 2.37. The van der Waals surface area contributed by atoms with Crippen molar-refractivity contribution in [2.45, 2.75) is 19.0 Å². The quantitative estimate of drug-likeness (QED) is 0.882. The molecule has 2 aromatic rings. The number of nitrogens with zero attached hydrogens (tertiary/aromatic N) is 2. The van der Waals surface area contributed by atoms with E-state index in [2.05, 4.69) is 0 Å². The van der Waals surface area contributed by atoms with Crippen LogP contribution in [0.1, 0.15) is 11.1 Å². The maximum Gasteiger partial charge on any atom is 0.326 e. The van der Waals surface area contributed by atoms with Gasteiger partial charge < -0.3 is 19.8 Å². The largest absolute Gasteiger partial charge is 0.504 e. The Morgan fingerprint density at radius 3 is 2.50 bits per heavy atom. The normalized spacial score (nSPS) is 15.9. The molecular weight excluding hydrogens is 336 g/mol. The lowest BCUT2D eigenvalue weighted by molar-refractivity contribution is -0.142. The third-order valence-corrected chi connectivity index (χ3v) is 4.64. The molecule has 1 heterocycles. The van der Waals surface area contributed by atoms with Crippen LogP contribution >= 0.6 is 0 Å². The molecule has 0 fully saturated rings. The summed E-state index contributed by atoms with van der Waals surface area (Å²) in [6, 6.07) is 10.9. The van der Waals surface area contributed by atoms with Gasteiger partial charge in [-0.2, -0.15) is 0 Å². The summed E-state index contributed by atoms with van der Waals surface area (Å²) in [7, 11) is 3.04. The summed E-state index contributed by atoms with van der Waals surface area (Å²) in [5.41, 5.74) is 1.88. The van der Waals surface area contributed by atoms with E-state index in [0.29, 0.717) is 16.8 Å². The van der Waals surface area contributed by atoms with Gasteiger partial charge in [-0.05, 0) is 23.8 Å². The van der Waals surface area contributed by atoms with Crippen molar-refractivity contribution in [3.8, 4) is 11.5 Å². The number of amides is 2. The highest BCUT2D eigenvalue weighted by Gasteiger charge is 2.37. The summed E-state index contributed by atoms with van der Waals surface area (Å²) in [5, 5.41) is 19.9. The number of carbonyl (C=O) groups excluding carboxylic acids is 1. The summed E-state index contributed by atoms with van der Waals surface area (Å²) >= 11 is 0. The summed E-state index contributed by atoms with van der Waals surface area (Å²) in [6.45, 7) is 0.0971. The Labute approximate surface area is 151 Å². The number of carbonyl (C=O) groups is 2. The number of ether oxygens (including phenoxy) is 1. The second-order valence-electron chi connectivity index (χ2n) is 6.12. The number of urea groups is 1. The molecule has 0 bridgehead atoms. The number of carboxylic acids is 1. The van der Waals surface area contributed by atoms with Crippen LogP contribution in [0, 0.1) is 0 Å². The number of para-hydroxylation sites is 1. The molecular formula is C19H20N2O5. The zero-order valence-corrected chi connectivity index (χ0v) is 14.5. The lowest BCUT2D eigenvalue weighted by atomic mass is 9.93. The number of anilines is 1. The van der Waals surface area contributed by atoms with Crippen molar-refractivity contribution in [2.24, 2.45) is 0 Å². The number of aromatic hydroxyl groups is 1. The smallest absolute Gasteiger partial charge is 0.326 e. The van der Waals surface area contributed by atoms with Gasteiger partial charge in [-0.25, -0.2) is 9.59 Å². The molecule has 0 aromatic heterocycles. The second kappa shape index (κ2) is 6.95. The highest BCUT2D eigenvalue weighted by molar-refractivity contribution is 5.94. The number of hydrogen-bond acceptors (Lipinski definition) is 4. The Morgan fingerprint density at radius 2 is 1.88 bits per heavy atom. The SMILES string of the molecule is COc1ccc2c(c1O)CC(C(=O)O)N(C(=O)N(C)c1ccccc1)C2. The first-order chi connectivity index (χ1) is 12.4. The van der Waals surface area contributed by atoms with Crippen LogP contribution in [0.25, 0.3) is 0 Å². The summed E-state index contributed by atoms with van der Waals surface area (Å²) in [4.78, 5) is 27.4. The lowest BCUT2D eigenvalue weighted by Crippen LogP contribution is -2.52. The molecule has 1 aliphatic heterocycles. The maximum atomic E-state index is 12.9. The van der Waals surface area contributed by atoms with E-state index >= 15 is 0 Å². The number of methoxy groups -OCH3 is 1. The topological polar surface area (TPSA) is 90.3 Å². The molecule has 2 aromatic carbocycles. The molecule has 0 radical (unpaired) electrons. The van der Waals surface area contributed by atoms with E-state index in [0.717, 1.165) is 0 Å². The molecule has 0 saturated heterocycles. The number of phenolic OH excluding ortho intramolecular Hbond substituents is 1. The molecule has 1 atom stereocenters. The van der Waals surface area contributed by atoms with Crippen molar-refractivity contribution in [1.82, 2.24) is 4.90 Å². The van der Waals surface area contributed by atoms with Gasteiger partial charge >= 0.3 is 12.0 Å². The van der Waals surface area contributed by atoms with E-state index in [9.17, 15) is 19.8 Å². The lowest BCUT2D eigenvalue weighted by Gasteiger charge is -2.37. The zero-order valence-electron chi connectivity index (χ0n) is 14.5. The molecule has 7 heteroatoms. The highest BCUT2D eigenvalue weighted by atomic mass is 16.5. The minimum Gasteiger partial charge on any atom is -0.504 e. The minimum atomic E-state index is -1.12. The molecule has 1 unspecified atom stereocenters. The van der Waals surface area contributed by atoms with Gasteiger partial charge in [0.05, 0.1) is 7.11 Å². The molecule has 2 N–H and O–H groups in total. The number of fused-ring (bicyclic) bond motifs is 1. The average Bonchev–Trinajstić information content (AvgIpc) is 2.67. The maximum absolute atomic E-state index is 12.9. The van der Waals surface area contributed by atoms with Gasteiger partial charge in [0.1, 0.15) is 6.04 Å². The van der Waals surface area contributed by atoms with E-state index in [1.165, 1.54) is 16.9 Å². The third-order valence-electron chi connectivity index (χ3n) is 4.64. The van der Waals surface area contributed by atoms with Gasteiger partial charge in [0.15, 0.2) is 11.5 Å². The van der Waals surface area contributed by atoms with E-state index in [-0.39, 0.29) is 24.5 Å². The van der Waals surface area contributed by atoms with Gasteiger partial charge in [-0.3, -0.25) is 4.90 Å². The first-order valence-electron chi connectivity index (χ1n) is 8.14. The first kappa shape index (κ1) is 17.6. The van der Waals surface area contributed by atoms with Crippen molar-refractivity contribution >= 4 is 17.7 Å². The van der Waals surface area contributed by atoms with E-state index < -0.39 is 18.0 Å². The van der Waals surface area contributed by atoms with Crippen LogP contribution in [0.3, 0.4) is 0 Å². The predicted octanol–water partition coefficient (Wildman–Crippen LogP) is 2.47. The Kier molecular flexibility index (Phi) is 4.71. The van der Waals surface area contributed by atoms with E-state index in [1.54, 1.807) is 31.3 Å². The molecule has 0 saturated carbocycles. The standard InChI is InChI=1S/C19H20N2O5/c1-20(13-6-4-3-5-7-13)19(25)21-11-12-8-9-16(26-2)17(22)14(12)10-15(21)18(23)24/h3-9,15,22H,10-11H2,1-2H3,(H,23,24). The minimum absolute atomic E-state index is 0.0159. The number of carboxylic acid groups (broad SMARTS) is 1. The van der Waals surface area contributed by atoms with Crippen molar-refractivity contribution in [1.29, 1.82) is 0 Å². The fourth-order valence-electron chi connectivity index (χ4n) is 3.17. The van der Waals surface area contributed by atoms with Gasteiger partial charge in [-0.1, -0.05) is 24.3 Å². The molecule has 136 valence electrons. The van der Waals surface area contributed by atoms with Crippen molar-refractivity contribution < 1.29 is 24.5 Å². The number of aliphatic carboxylic acids is 1. The summed E-state index contributed by atoms with van der Waals surface area (Å²) in [6.07, 6.45) is 0.0159. The number of hydrogen-bond donors (Lipinski definition) is 2. The molecule has 7 nitrogen and oxygen atoms in total. The Morgan fingerprint density at radius 1 is 1.19 bits per heavy atom. The molecule has 3 rings (SSSR count). The molecule has 0 spiro atoms. The summed E-state index contributed by atoms with van der Waals surface area (Å²) < 4.78 is 5.09. The van der Waals surface area contributed by atoms with Crippen molar-refractivity contribution in [3.05, 3.63) is 53.6 Å². The molecule has 26 heavy (non-hydrogen) atoms. The number of phenols is 1. The zero-order chi connectivity index (χ0) is 18.8. The van der Waals surface area contributed by atoms with Crippen LogP contribution in [0.4, 0.5) is 10.5 Å². The summed E-state index contributed by atoms with van der Waals surface area (Å²) in [5.74, 6) is -0.901. The van der Waals surface area contributed by atoms with Gasteiger partial charge in [0, 0.05) is 31.3 Å². The second-order valence-corrected chi connectivity index (χ2v) is 6.12. The average molecular weight is 356 g/mol. The Balaban J connectivity index is 1.95. The fourth-order valence-corrected chi connectivity index (χ4v) is 3.17. The number of rotatable bonds is 3. The van der Waals surface area contributed by atoms with Crippen molar-refractivity contribution in [3.63, 3.8) is 0 Å². The Bertz CT molecular complexity index is 837. The number of benzene rings is 2. The van der Waals surface area contributed by atoms with Crippen LogP contribution in [-0.2, 0) is 17.8 Å². The van der Waals surface area contributed by atoms with Crippen LogP contribution in [-0.4, -0.2) is 47.3 Å². The monoisotopic (exact) mass is 356 g/mol. The third kappa shape index (κ3) is 3.03.